The fourth-order valence-corrected chi connectivity index (χ4v) is 2.63. The minimum atomic E-state index is -0.559. The first kappa shape index (κ1) is 14.5. The highest BCUT2D eigenvalue weighted by atomic mass is 16.2. The lowest BCUT2D eigenvalue weighted by atomic mass is 9.96. The Morgan fingerprint density at radius 1 is 1.29 bits per heavy atom. The van der Waals surface area contributed by atoms with Crippen LogP contribution in [-0.2, 0) is 4.79 Å². The van der Waals surface area contributed by atoms with Gasteiger partial charge < -0.3 is 10.6 Å². The van der Waals surface area contributed by atoms with Gasteiger partial charge in [-0.3, -0.25) is 4.79 Å². The van der Waals surface area contributed by atoms with Crippen molar-refractivity contribution in [2.75, 3.05) is 6.54 Å². The molecule has 0 spiro atoms. The number of unbranched alkanes of at least 4 members (excludes halogenated alkanes) is 2. The van der Waals surface area contributed by atoms with Gasteiger partial charge in [0.05, 0.1) is 5.54 Å². The smallest absolute Gasteiger partial charge is 0.242 e. The predicted molar refractivity (Wildman–Crippen MR) is 71.8 cm³/mol. The Morgan fingerprint density at radius 3 is 2.35 bits per heavy atom. The SMILES string of the molecule is CCCCCN(C(=O)C1(N)CCCC1)C(C)C. The van der Waals surface area contributed by atoms with Crippen LogP contribution in [0.5, 0.6) is 0 Å². The van der Waals surface area contributed by atoms with E-state index in [1.54, 1.807) is 0 Å². The number of nitrogens with two attached hydrogens (primary N) is 1. The van der Waals surface area contributed by atoms with Gasteiger partial charge in [0.25, 0.3) is 0 Å². The van der Waals surface area contributed by atoms with Crippen LogP contribution in [0.15, 0.2) is 0 Å². The summed E-state index contributed by atoms with van der Waals surface area (Å²) in [7, 11) is 0. The Bertz CT molecular complexity index is 245. The van der Waals surface area contributed by atoms with E-state index in [0.717, 1.165) is 38.6 Å². The summed E-state index contributed by atoms with van der Waals surface area (Å²) in [5, 5.41) is 0. The van der Waals surface area contributed by atoms with Crippen molar-refractivity contribution in [3.63, 3.8) is 0 Å². The molecule has 1 rings (SSSR count). The lowest BCUT2D eigenvalue weighted by molar-refractivity contribution is -0.138. The molecule has 0 heterocycles. The molecule has 0 aliphatic heterocycles. The fourth-order valence-electron chi connectivity index (χ4n) is 2.63. The standard InChI is InChI=1S/C14H28N2O/c1-4-5-8-11-16(12(2)3)13(17)14(15)9-6-7-10-14/h12H,4-11,15H2,1-3H3. The summed E-state index contributed by atoms with van der Waals surface area (Å²) in [6.45, 7) is 7.22. The number of rotatable bonds is 6. The van der Waals surface area contributed by atoms with Crippen LogP contribution in [0.4, 0.5) is 0 Å². The molecular formula is C14H28N2O. The van der Waals surface area contributed by atoms with Gasteiger partial charge in [-0.25, -0.2) is 0 Å². The zero-order valence-electron chi connectivity index (χ0n) is 11.7. The summed E-state index contributed by atoms with van der Waals surface area (Å²) in [5.74, 6) is 0.182. The molecule has 1 saturated carbocycles. The van der Waals surface area contributed by atoms with Gasteiger partial charge in [0.15, 0.2) is 0 Å². The predicted octanol–water partition coefficient (Wildman–Crippen LogP) is 2.69. The van der Waals surface area contributed by atoms with Crippen molar-refractivity contribution in [3.05, 3.63) is 0 Å². The Hall–Kier alpha value is -0.570. The Balaban J connectivity index is 2.59. The van der Waals surface area contributed by atoms with Crippen molar-refractivity contribution in [1.29, 1.82) is 0 Å². The van der Waals surface area contributed by atoms with Crippen LogP contribution in [0.25, 0.3) is 0 Å². The van der Waals surface area contributed by atoms with Crippen LogP contribution >= 0.6 is 0 Å². The number of hydrogen-bond donors (Lipinski definition) is 1. The van der Waals surface area contributed by atoms with Crippen molar-refractivity contribution in [3.8, 4) is 0 Å². The zero-order valence-corrected chi connectivity index (χ0v) is 11.7. The first-order valence-electron chi connectivity index (χ1n) is 7.11. The molecule has 0 aromatic carbocycles. The first-order valence-corrected chi connectivity index (χ1v) is 7.11. The zero-order chi connectivity index (χ0) is 12.9. The van der Waals surface area contributed by atoms with Gasteiger partial charge in [-0.1, -0.05) is 32.6 Å². The lowest BCUT2D eigenvalue weighted by Crippen LogP contribution is -2.55. The van der Waals surface area contributed by atoms with Crippen LogP contribution < -0.4 is 5.73 Å². The number of amides is 1. The largest absolute Gasteiger partial charge is 0.339 e. The molecule has 1 amide bonds. The summed E-state index contributed by atoms with van der Waals surface area (Å²) in [6.07, 6.45) is 7.40. The summed E-state index contributed by atoms with van der Waals surface area (Å²) < 4.78 is 0. The molecule has 1 fully saturated rings. The fraction of sp³-hybridized carbons (Fsp3) is 0.929. The third-order valence-corrected chi connectivity index (χ3v) is 3.81. The van der Waals surface area contributed by atoms with E-state index in [0.29, 0.717) is 0 Å². The molecule has 0 radical (unpaired) electrons. The molecule has 0 bridgehead atoms. The van der Waals surface area contributed by atoms with Gasteiger partial charge in [-0.15, -0.1) is 0 Å². The Kier molecular flexibility index (Phi) is 5.44. The van der Waals surface area contributed by atoms with Crippen LogP contribution in [0.1, 0.15) is 65.7 Å². The van der Waals surface area contributed by atoms with Crippen molar-refractivity contribution < 1.29 is 4.79 Å². The molecule has 1 aliphatic rings. The molecular weight excluding hydrogens is 212 g/mol. The van der Waals surface area contributed by atoms with E-state index >= 15 is 0 Å². The minimum Gasteiger partial charge on any atom is -0.339 e. The van der Waals surface area contributed by atoms with Gasteiger partial charge in [-0.2, -0.15) is 0 Å². The Morgan fingerprint density at radius 2 is 1.88 bits per heavy atom. The van der Waals surface area contributed by atoms with E-state index < -0.39 is 5.54 Å². The third kappa shape index (κ3) is 3.70. The van der Waals surface area contributed by atoms with Crippen LogP contribution in [0.2, 0.25) is 0 Å². The lowest BCUT2D eigenvalue weighted by Gasteiger charge is -2.34. The molecule has 0 atom stereocenters. The molecule has 3 heteroatoms. The molecule has 2 N–H and O–H groups in total. The van der Waals surface area contributed by atoms with Gasteiger partial charge >= 0.3 is 0 Å². The van der Waals surface area contributed by atoms with Crippen molar-refractivity contribution >= 4 is 5.91 Å². The van der Waals surface area contributed by atoms with Gasteiger partial charge in [-0.05, 0) is 33.1 Å². The van der Waals surface area contributed by atoms with E-state index in [1.807, 2.05) is 4.90 Å². The summed E-state index contributed by atoms with van der Waals surface area (Å²) >= 11 is 0. The van der Waals surface area contributed by atoms with Crippen molar-refractivity contribution in [2.24, 2.45) is 5.73 Å². The second kappa shape index (κ2) is 6.39. The highest BCUT2D eigenvalue weighted by Gasteiger charge is 2.40. The quantitative estimate of drug-likeness (QED) is 0.726. The monoisotopic (exact) mass is 240 g/mol. The average molecular weight is 240 g/mol. The third-order valence-electron chi connectivity index (χ3n) is 3.81. The topological polar surface area (TPSA) is 46.3 Å². The summed E-state index contributed by atoms with van der Waals surface area (Å²) in [5.41, 5.74) is 5.70. The molecule has 0 unspecified atom stereocenters. The first-order chi connectivity index (χ1) is 8.01. The maximum atomic E-state index is 12.5. The normalized spacial score (nSPS) is 18.6. The molecule has 0 aromatic heterocycles. The summed E-state index contributed by atoms with van der Waals surface area (Å²) in [4.78, 5) is 14.5. The molecule has 17 heavy (non-hydrogen) atoms. The van der Waals surface area contributed by atoms with Crippen molar-refractivity contribution in [1.82, 2.24) is 4.90 Å². The highest BCUT2D eigenvalue weighted by molar-refractivity contribution is 5.86. The maximum Gasteiger partial charge on any atom is 0.242 e. The van der Waals surface area contributed by atoms with Crippen LogP contribution in [0.3, 0.4) is 0 Å². The molecule has 0 saturated heterocycles. The minimum absolute atomic E-state index is 0.182. The van der Waals surface area contributed by atoms with E-state index in [2.05, 4.69) is 20.8 Å². The number of nitrogens with zero attached hydrogens (tertiary/aromatic N) is 1. The summed E-state index contributed by atoms with van der Waals surface area (Å²) in [6, 6.07) is 0.264. The van der Waals surface area contributed by atoms with Crippen LogP contribution in [-0.4, -0.2) is 28.9 Å². The van der Waals surface area contributed by atoms with Gasteiger partial charge in [0.2, 0.25) is 5.91 Å². The van der Waals surface area contributed by atoms with E-state index in [4.69, 9.17) is 5.73 Å². The maximum absolute atomic E-state index is 12.5. The number of carbonyl (C=O) groups is 1. The van der Waals surface area contributed by atoms with Gasteiger partial charge in [0.1, 0.15) is 0 Å². The number of hydrogen-bond acceptors (Lipinski definition) is 2. The highest BCUT2D eigenvalue weighted by Crippen LogP contribution is 2.29. The van der Waals surface area contributed by atoms with Crippen molar-refractivity contribution in [2.45, 2.75) is 77.3 Å². The van der Waals surface area contributed by atoms with Gasteiger partial charge in [0, 0.05) is 12.6 Å². The second-order valence-corrected chi connectivity index (χ2v) is 5.66. The average Bonchev–Trinajstić information content (AvgIpc) is 2.71. The number of carbonyl (C=O) groups excluding carboxylic acids is 1. The molecule has 100 valence electrons. The second-order valence-electron chi connectivity index (χ2n) is 5.66. The Labute approximate surface area is 106 Å². The van der Waals surface area contributed by atoms with E-state index in [9.17, 15) is 4.79 Å². The van der Waals surface area contributed by atoms with E-state index in [1.165, 1.54) is 12.8 Å². The molecule has 0 aromatic rings. The van der Waals surface area contributed by atoms with Crippen LogP contribution in [0, 0.1) is 0 Å². The molecule has 1 aliphatic carbocycles. The van der Waals surface area contributed by atoms with E-state index in [-0.39, 0.29) is 11.9 Å². The molecule has 3 nitrogen and oxygen atoms in total.